The Bertz CT molecular complexity index is 203. The summed E-state index contributed by atoms with van der Waals surface area (Å²) in [5, 5.41) is 0. The Morgan fingerprint density at radius 3 is 2.62 bits per heavy atom. The Labute approximate surface area is 100.0 Å². The van der Waals surface area contributed by atoms with Crippen molar-refractivity contribution in [2.45, 2.75) is 64.7 Å². The molecule has 0 spiro atoms. The number of hydrogen-bond donors (Lipinski definition) is 1. The SMILES string of the molecule is CC1CCCC(C(=O)CCCCCCN)C1. The van der Waals surface area contributed by atoms with Crippen LogP contribution in [0.3, 0.4) is 0 Å². The molecule has 0 aromatic heterocycles. The minimum absolute atomic E-state index is 0.387. The number of ketones is 1. The highest BCUT2D eigenvalue weighted by Crippen LogP contribution is 2.30. The van der Waals surface area contributed by atoms with Crippen LogP contribution in [0.2, 0.25) is 0 Å². The summed E-state index contributed by atoms with van der Waals surface area (Å²) in [7, 11) is 0. The predicted molar refractivity (Wildman–Crippen MR) is 68.3 cm³/mol. The molecule has 2 unspecified atom stereocenters. The standard InChI is InChI=1S/C14H27NO/c1-12-7-6-8-13(11-12)14(16)9-4-2-3-5-10-15/h12-13H,2-11,15H2,1H3. The third kappa shape index (κ3) is 5.11. The first kappa shape index (κ1) is 13.7. The molecule has 2 N–H and O–H groups in total. The third-order valence-corrected chi connectivity index (χ3v) is 3.77. The fraction of sp³-hybridized carbons (Fsp3) is 0.929. The summed E-state index contributed by atoms with van der Waals surface area (Å²) in [4.78, 5) is 12.0. The van der Waals surface area contributed by atoms with Crippen LogP contribution in [-0.4, -0.2) is 12.3 Å². The molecular weight excluding hydrogens is 198 g/mol. The Morgan fingerprint density at radius 2 is 1.94 bits per heavy atom. The van der Waals surface area contributed by atoms with Crippen molar-refractivity contribution in [3.05, 3.63) is 0 Å². The topological polar surface area (TPSA) is 43.1 Å². The van der Waals surface area contributed by atoms with E-state index in [1.807, 2.05) is 0 Å². The number of hydrogen-bond acceptors (Lipinski definition) is 2. The van der Waals surface area contributed by atoms with E-state index < -0.39 is 0 Å². The van der Waals surface area contributed by atoms with Gasteiger partial charge < -0.3 is 5.73 Å². The first-order chi connectivity index (χ1) is 7.74. The van der Waals surface area contributed by atoms with Crippen molar-refractivity contribution >= 4 is 5.78 Å². The summed E-state index contributed by atoms with van der Waals surface area (Å²) in [6, 6.07) is 0. The normalized spacial score (nSPS) is 25.6. The van der Waals surface area contributed by atoms with Crippen LogP contribution in [0.1, 0.15) is 64.7 Å². The molecule has 1 fully saturated rings. The monoisotopic (exact) mass is 225 g/mol. The summed E-state index contributed by atoms with van der Waals surface area (Å²) in [6.45, 7) is 3.06. The minimum atomic E-state index is 0.387. The molecule has 1 aliphatic carbocycles. The van der Waals surface area contributed by atoms with Crippen molar-refractivity contribution < 1.29 is 4.79 Å². The summed E-state index contributed by atoms with van der Waals surface area (Å²) >= 11 is 0. The summed E-state index contributed by atoms with van der Waals surface area (Å²) in [6.07, 6.45) is 10.2. The van der Waals surface area contributed by atoms with Crippen LogP contribution >= 0.6 is 0 Å². The van der Waals surface area contributed by atoms with Gasteiger partial charge in [0.25, 0.3) is 0 Å². The molecule has 0 aromatic carbocycles. The van der Waals surface area contributed by atoms with Gasteiger partial charge in [-0.1, -0.05) is 32.6 Å². The van der Waals surface area contributed by atoms with E-state index in [2.05, 4.69) is 6.92 Å². The Morgan fingerprint density at radius 1 is 1.19 bits per heavy atom. The van der Waals surface area contributed by atoms with E-state index in [-0.39, 0.29) is 0 Å². The molecule has 0 aliphatic heterocycles. The van der Waals surface area contributed by atoms with Gasteiger partial charge in [-0.05, 0) is 38.1 Å². The van der Waals surface area contributed by atoms with Gasteiger partial charge >= 0.3 is 0 Å². The van der Waals surface area contributed by atoms with Crippen LogP contribution in [0.15, 0.2) is 0 Å². The first-order valence-electron chi connectivity index (χ1n) is 6.96. The van der Waals surface area contributed by atoms with E-state index in [1.54, 1.807) is 0 Å². The molecule has 2 heteroatoms. The number of carbonyl (C=O) groups is 1. The van der Waals surface area contributed by atoms with Gasteiger partial charge in [-0.3, -0.25) is 4.79 Å². The van der Waals surface area contributed by atoms with Crippen molar-refractivity contribution in [2.75, 3.05) is 6.54 Å². The van der Waals surface area contributed by atoms with Gasteiger partial charge in [0.2, 0.25) is 0 Å². The van der Waals surface area contributed by atoms with Crippen LogP contribution in [0.4, 0.5) is 0 Å². The van der Waals surface area contributed by atoms with Crippen molar-refractivity contribution in [2.24, 2.45) is 17.6 Å². The van der Waals surface area contributed by atoms with Crippen molar-refractivity contribution in [3.8, 4) is 0 Å². The molecule has 1 saturated carbocycles. The molecule has 2 nitrogen and oxygen atoms in total. The van der Waals surface area contributed by atoms with Gasteiger partial charge in [0.15, 0.2) is 0 Å². The molecule has 0 amide bonds. The molecule has 94 valence electrons. The fourth-order valence-corrected chi connectivity index (χ4v) is 2.73. The Balaban J connectivity index is 2.09. The number of rotatable bonds is 7. The zero-order valence-corrected chi connectivity index (χ0v) is 10.7. The molecule has 1 rings (SSSR count). The van der Waals surface area contributed by atoms with Crippen molar-refractivity contribution in [1.29, 1.82) is 0 Å². The van der Waals surface area contributed by atoms with Crippen LogP contribution in [-0.2, 0) is 4.79 Å². The fourth-order valence-electron chi connectivity index (χ4n) is 2.73. The van der Waals surface area contributed by atoms with E-state index in [1.165, 1.54) is 25.7 Å². The molecule has 2 atom stereocenters. The Hall–Kier alpha value is -0.370. The molecular formula is C14H27NO. The van der Waals surface area contributed by atoms with E-state index in [4.69, 9.17) is 5.73 Å². The molecule has 0 saturated heterocycles. The van der Waals surface area contributed by atoms with E-state index in [0.717, 1.165) is 44.6 Å². The van der Waals surface area contributed by atoms with Crippen LogP contribution in [0, 0.1) is 11.8 Å². The molecule has 1 aliphatic rings. The summed E-state index contributed by atoms with van der Waals surface area (Å²) in [5.41, 5.74) is 5.44. The highest BCUT2D eigenvalue weighted by atomic mass is 16.1. The lowest BCUT2D eigenvalue weighted by atomic mass is 9.79. The van der Waals surface area contributed by atoms with Gasteiger partial charge in [0.05, 0.1) is 0 Å². The van der Waals surface area contributed by atoms with Gasteiger partial charge in [-0.15, -0.1) is 0 Å². The van der Waals surface area contributed by atoms with Crippen LogP contribution in [0.25, 0.3) is 0 Å². The smallest absolute Gasteiger partial charge is 0.135 e. The minimum Gasteiger partial charge on any atom is -0.330 e. The quantitative estimate of drug-likeness (QED) is 0.676. The van der Waals surface area contributed by atoms with Crippen LogP contribution < -0.4 is 5.73 Å². The molecule has 16 heavy (non-hydrogen) atoms. The second-order valence-electron chi connectivity index (χ2n) is 5.39. The number of Topliss-reactive ketones (excluding diaryl/α,β-unsaturated/α-hetero) is 1. The lowest BCUT2D eigenvalue weighted by Gasteiger charge is -2.25. The molecule has 0 heterocycles. The first-order valence-corrected chi connectivity index (χ1v) is 6.96. The number of carbonyl (C=O) groups excluding carboxylic acids is 1. The predicted octanol–water partition coefficient (Wildman–Crippen LogP) is 3.29. The largest absolute Gasteiger partial charge is 0.330 e. The van der Waals surface area contributed by atoms with Gasteiger partial charge in [0, 0.05) is 12.3 Å². The maximum atomic E-state index is 12.0. The van der Waals surface area contributed by atoms with Gasteiger partial charge in [-0.25, -0.2) is 0 Å². The number of nitrogens with two attached hydrogens (primary N) is 1. The molecule has 0 radical (unpaired) electrons. The second-order valence-corrected chi connectivity index (χ2v) is 5.39. The van der Waals surface area contributed by atoms with Crippen molar-refractivity contribution in [1.82, 2.24) is 0 Å². The lowest BCUT2D eigenvalue weighted by molar-refractivity contribution is -0.124. The third-order valence-electron chi connectivity index (χ3n) is 3.77. The van der Waals surface area contributed by atoms with E-state index >= 15 is 0 Å². The van der Waals surface area contributed by atoms with Crippen molar-refractivity contribution in [3.63, 3.8) is 0 Å². The summed E-state index contributed by atoms with van der Waals surface area (Å²) < 4.78 is 0. The lowest BCUT2D eigenvalue weighted by Crippen LogP contribution is -2.21. The van der Waals surface area contributed by atoms with E-state index in [9.17, 15) is 4.79 Å². The zero-order valence-electron chi connectivity index (χ0n) is 10.7. The highest BCUT2D eigenvalue weighted by Gasteiger charge is 2.24. The maximum absolute atomic E-state index is 12.0. The maximum Gasteiger partial charge on any atom is 0.135 e. The molecule has 0 bridgehead atoms. The average molecular weight is 225 g/mol. The van der Waals surface area contributed by atoms with Gasteiger partial charge in [0.1, 0.15) is 5.78 Å². The summed E-state index contributed by atoms with van der Waals surface area (Å²) in [5.74, 6) is 1.68. The number of unbranched alkanes of at least 4 members (excludes halogenated alkanes) is 3. The average Bonchev–Trinajstić information content (AvgIpc) is 2.28. The highest BCUT2D eigenvalue weighted by molar-refractivity contribution is 5.81. The van der Waals surface area contributed by atoms with Gasteiger partial charge in [-0.2, -0.15) is 0 Å². The van der Waals surface area contributed by atoms with E-state index in [0.29, 0.717) is 11.7 Å². The zero-order chi connectivity index (χ0) is 11.8. The molecule has 0 aromatic rings. The second kappa shape index (κ2) is 7.83. The van der Waals surface area contributed by atoms with Crippen LogP contribution in [0.5, 0.6) is 0 Å². The Kier molecular flexibility index (Phi) is 6.70.